The van der Waals surface area contributed by atoms with Crippen LogP contribution in [-0.4, -0.2) is 10.8 Å². The summed E-state index contributed by atoms with van der Waals surface area (Å²) in [4.78, 5) is 15.6. The Labute approximate surface area is 121 Å². The van der Waals surface area contributed by atoms with E-state index in [1.807, 2.05) is 25.1 Å². The number of halogens is 1. The molecule has 0 fully saturated rings. The number of aryl methyl sites for hydroxylation is 1. The van der Waals surface area contributed by atoms with Crippen LogP contribution in [0, 0.1) is 6.92 Å². The van der Waals surface area contributed by atoms with E-state index in [4.69, 9.17) is 17.3 Å². The molecule has 3 N–H and O–H groups in total. The van der Waals surface area contributed by atoms with Crippen LogP contribution in [0.5, 0.6) is 0 Å². The van der Waals surface area contributed by atoms with Gasteiger partial charge in [0.1, 0.15) is 0 Å². The van der Waals surface area contributed by atoms with Crippen molar-refractivity contribution in [1.82, 2.24) is 4.98 Å². The fourth-order valence-corrected chi connectivity index (χ4v) is 2.47. The van der Waals surface area contributed by atoms with E-state index in [-0.39, 0.29) is 5.78 Å². The largest absolute Gasteiger partial charge is 0.398 e. The first-order valence-electron chi connectivity index (χ1n) is 6.24. The zero-order valence-electron chi connectivity index (χ0n) is 10.9. The number of anilines is 1. The molecule has 0 saturated heterocycles. The average Bonchev–Trinajstić information content (AvgIpc) is 2.86. The first-order chi connectivity index (χ1) is 9.58. The Morgan fingerprint density at radius 3 is 2.80 bits per heavy atom. The number of nitrogens with one attached hydrogen (secondary N) is 1. The van der Waals surface area contributed by atoms with Crippen molar-refractivity contribution in [2.45, 2.75) is 6.92 Å². The van der Waals surface area contributed by atoms with Gasteiger partial charge >= 0.3 is 0 Å². The minimum atomic E-state index is -0.0646. The van der Waals surface area contributed by atoms with Crippen LogP contribution in [0.25, 0.3) is 10.9 Å². The van der Waals surface area contributed by atoms with Gasteiger partial charge in [0, 0.05) is 28.4 Å². The number of nitrogens with two attached hydrogens (primary N) is 1. The molecule has 3 aromatic rings. The summed E-state index contributed by atoms with van der Waals surface area (Å²) in [5.74, 6) is -0.0646. The van der Waals surface area contributed by atoms with Gasteiger partial charge in [-0.3, -0.25) is 4.79 Å². The molecule has 0 aliphatic rings. The standard InChI is InChI=1S/C16H13ClN2O/c1-9-5-6-10(7-14(9)18)16(20)12-8-19-15-11(12)3-2-4-13(15)17/h2-8,19H,18H2,1H3. The quantitative estimate of drug-likeness (QED) is 0.553. The lowest BCUT2D eigenvalue weighted by Gasteiger charge is -2.04. The van der Waals surface area contributed by atoms with Crippen molar-refractivity contribution in [1.29, 1.82) is 0 Å². The van der Waals surface area contributed by atoms with Gasteiger partial charge in [-0.05, 0) is 24.6 Å². The second-order valence-electron chi connectivity index (χ2n) is 4.77. The van der Waals surface area contributed by atoms with Gasteiger partial charge in [0.2, 0.25) is 0 Å². The zero-order valence-corrected chi connectivity index (χ0v) is 11.7. The Balaban J connectivity index is 2.13. The molecular formula is C16H13ClN2O. The zero-order chi connectivity index (χ0) is 14.3. The van der Waals surface area contributed by atoms with Gasteiger partial charge in [-0.25, -0.2) is 0 Å². The van der Waals surface area contributed by atoms with Crippen LogP contribution in [0.3, 0.4) is 0 Å². The minimum absolute atomic E-state index is 0.0646. The lowest BCUT2D eigenvalue weighted by atomic mass is 10.0. The predicted molar refractivity (Wildman–Crippen MR) is 82.3 cm³/mol. The summed E-state index contributed by atoms with van der Waals surface area (Å²) >= 11 is 6.10. The number of H-pyrrole nitrogens is 1. The number of ketones is 1. The molecule has 0 unspecified atom stereocenters. The van der Waals surface area contributed by atoms with Gasteiger partial charge in [0.05, 0.1) is 10.5 Å². The van der Waals surface area contributed by atoms with E-state index in [9.17, 15) is 4.79 Å². The summed E-state index contributed by atoms with van der Waals surface area (Å²) in [6.45, 7) is 1.91. The van der Waals surface area contributed by atoms with E-state index in [0.29, 0.717) is 21.8 Å². The molecule has 4 heteroatoms. The molecule has 0 spiro atoms. The van der Waals surface area contributed by atoms with Crippen molar-refractivity contribution < 1.29 is 4.79 Å². The lowest BCUT2D eigenvalue weighted by Crippen LogP contribution is -2.02. The van der Waals surface area contributed by atoms with Crippen LogP contribution in [-0.2, 0) is 0 Å². The molecule has 3 rings (SSSR count). The summed E-state index contributed by atoms with van der Waals surface area (Å²) in [7, 11) is 0. The maximum absolute atomic E-state index is 12.6. The molecule has 20 heavy (non-hydrogen) atoms. The summed E-state index contributed by atoms with van der Waals surface area (Å²) in [6, 6.07) is 10.8. The summed E-state index contributed by atoms with van der Waals surface area (Å²) < 4.78 is 0. The van der Waals surface area contributed by atoms with Gasteiger partial charge in [0.25, 0.3) is 0 Å². The Hall–Kier alpha value is -2.26. The third kappa shape index (κ3) is 1.96. The highest BCUT2D eigenvalue weighted by Crippen LogP contribution is 2.27. The van der Waals surface area contributed by atoms with Gasteiger partial charge in [0.15, 0.2) is 5.78 Å². The maximum Gasteiger partial charge on any atom is 0.195 e. The first-order valence-corrected chi connectivity index (χ1v) is 6.62. The highest BCUT2D eigenvalue weighted by atomic mass is 35.5. The Kier molecular flexibility index (Phi) is 2.99. The van der Waals surface area contributed by atoms with Crippen molar-refractivity contribution in [2.75, 3.05) is 5.73 Å². The number of nitrogen functional groups attached to an aromatic ring is 1. The highest BCUT2D eigenvalue weighted by Gasteiger charge is 2.15. The summed E-state index contributed by atoms with van der Waals surface area (Å²) in [5.41, 5.74) is 9.40. The van der Waals surface area contributed by atoms with Gasteiger partial charge in [-0.1, -0.05) is 35.9 Å². The summed E-state index contributed by atoms with van der Waals surface area (Å²) in [5, 5.41) is 1.42. The summed E-state index contributed by atoms with van der Waals surface area (Å²) in [6.07, 6.45) is 1.69. The number of para-hydroxylation sites is 1. The van der Waals surface area contributed by atoms with E-state index < -0.39 is 0 Å². The predicted octanol–water partition coefficient (Wildman–Crippen LogP) is 3.94. The number of hydrogen-bond donors (Lipinski definition) is 2. The van der Waals surface area contributed by atoms with Gasteiger partial charge in [-0.2, -0.15) is 0 Å². The van der Waals surface area contributed by atoms with Crippen molar-refractivity contribution in [2.24, 2.45) is 0 Å². The number of benzene rings is 2. The number of carbonyl (C=O) groups is 1. The Morgan fingerprint density at radius 2 is 2.05 bits per heavy atom. The molecule has 100 valence electrons. The van der Waals surface area contributed by atoms with Crippen LogP contribution < -0.4 is 5.73 Å². The molecule has 0 aliphatic heterocycles. The molecule has 0 aliphatic carbocycles. The fraction of sp³-hybridized carbons (Fsp3) is 0.0625. The van der Waals surface area contributed by atoms with Crippen molar-refractivity contribution in [3.8, 4) is 0 Å². The smallest absolute Gasteiger partial charge is 0.195 e. The number of rotatable bonds is 2. The number of carbonyl (C=O) groups excluding carboxylic acids is 1. The molecule has 0 radical (unpaired) electrons. The second-order valence-corrected chi connectivity index (χ2v) is 5.17. The molecule has 0 amide bonds. The van der Waals surface area contributed by atoms with Crippen molar-refractivity contribution in [3.63, 3.8) is 0 Å². The molecule has 1 heterocycles. The van der Waals surface area contributed by atoms with E-state index in [1.54, 1.807) is 24.4 Å². The number of hydrogen-bond acceptors (Lipinski definition) is 2. The van der Waals surface area contributed by atoms with Crippen molar-refractivity contribution in [3.05, 3.63) is 64.3 Å². The third-order valence-electron chi connectivity index (χ3n) is 3.45. The van der Waals surface area contributed by atoms with Crippen LogP contribution in [0.1, 0.15) is 21.5 Å². The molecule has 0 atom stereocenters. The van der Waals surface area contributed by atoms with E-state index in [2.05, 4.69) is 4.98 Å². The molecular weight excluding hydrogens is 272 g/mol. The third-order valence-corrected chi connectivity index (χ3v) is 3.77. The SMILES string of the molecule is Cc1ccc(C(=O)c2c[nH]c3c(Cl)cccc23)cc1N. The van der Waals surface area contributed by atoms with Crippen LogP contribution in [0.2, 0.25) is 5.02 Å². The van der Waals surface area contributed by atoms with E-state index >= 15 is 0 Å². The average molecular weight is 285 g/mol. The lowest BCUT2D eigenvalue weighted by molar-refractivity contribution is 0.104. The molecule has 0 bridgehead atoms. The van der Waals surface area contributed by atoms with Crippen molar-refractivity contribution >= 4 is 34.0 Å². The topological polar surface area (TPSA) is 58.9 Å². The highest BCUT2D eigenvalue weighted by molar-refractivity contribution is 6.35. The fourth-order valence-electron chi connectivity index (χ4n) is 2.24. The van der Waals surface area contributed by atoms with Gasteiger partial charge < -0.3 is 10.7 Å². The molecule has 2 aromatic carbocycles. The first kappa shape index (κ1) is 12.8. The van der Waals surface area contributed by atoms with E-state index in [0.717, 1.165) is 16.5 Å². The van der Waals surface area contributed by atoms with Crippen LogP contribution in [0.4, 0.5) is 5.69 Å². The number of aromatic amines is 1. The molecule has 3 nitrogen and oxygen atoms in total. The molecule has 1 aromatic heterocycles. The Morgan fingerprint density at radius 1 is 1.25 bits per heavy atom. The second kappa shape index (κ2) is 4.69. The molecule has 0 saturated carbocycles. The van der Waals surface area contributed by atoms with Gasteiger partial charge in [-0.15, -0.1) is 0 Å². The Bertz CT molecular complexity index is 820. The van der Waals surface area contributed by atoms with Crippen LogP contribution >= 0.6 is 11.6 Å². The number of fused-ring (bicyclic) bond motifs is 1. The normalized spacial score (nSPS) is 10.9. The van der Waals surface area contributed by atoms with Crippen LogP contribution in [0.15, 0.2) is 42.6 Å². The maximum atomic E-state index is 12.6. The number of aromatic nitrogens is 1. The minimum Gasteiger partial charge on any atom is -0.398 e. The van der Waals surface area contributed by atoms with E-state index in [1.165, 1.54) is 0 Å². The monoisotopic (exact) mass is 284 g/mol.